The molecule has 0 atom stereocenters. The molecule has 2 rings (SSSR count). The van der Waals surface area contributed by atoms with Gasteiger partial charge in [-0.2, -0.15) is 0 Å². The van der Waals surface area contributed by atoms with Gasteiger partial charge in [-0.05, 0) is 43.0 Å². The third-order valence-corrected chi connectivity index (χ3v) is 3.50. The van der Waals surface area contributed by atoms with Crippen molar-refractivity contribution in [1.29, 1.82) is 0 Å². The minimum atomic E-state index is 0.904. The Morgan fingerprint density at radius 2 is 1.71 bits per heavy atom. The van der Waals surface area contributed by atoms with Gasteiger partial charge in [0, 0.05) is 23.2 Å². The first-order valence-electron chi connectivity index (χ1n) is 5.26. The van der Waals surface area contributed by atoms with Crippen LogP contribution in [0.1, 0.15) is 19.8 Å². The highest BCUT2D eigenvalue weighted by Gasteiger charge is 2.15. The molecule has 0 N–H and O–H groups in total. The largest absolute Gasteiger partial charge is 0.372 e. The Kier molecular flexibility index (Phi) is 3.12. The number of rotatable bonds is 1. The standard InChI is InChI=1S/C12H16BrN/c1-10-6-8-14(9-7-10)12-4-2-11(13)3-5-12/h2-5,10H,6-9H2,1H3. The monoisotopic (exact) mass is 253 g/mol. The van der Waals surface area contributed by atoms with E-state index in [0.717, 1.165) is 10.4 Å². The fourth-order valence-electron chi connectivity index (χ4n) is 1.92. The smallest absolute Gasteiger partial charge is 0.0366 e. The topological polar surface area (TPSA) is 3.24 Å². The second kappa shape index (κ2) is 4.35. The fraction of sp³-hybridized carbons (Fsp3) is 0.500. The van der Waals surface area contributed by atoms with Crippen molar-refractivity contribution in [2.45, 2.75) is 19.8 Å². The zero-order chi connectivity index (χ0) is 9.97. The zero-order valence-corrected chi connectivity index (χ0v) is 10.1. The molecule has 2 heteroatoms. The first kappa shape index (κ1) is 10.0. The van der Waals surface area contributed by atoms with Gasteiger partial charge in [0.15, 0.2) is 0 Å². The summed E-state index contributed by atoms with van der Waals surface area (Å²) in [4.78, 5) is 2.48. The molecular weight excluding hydrogens is 238 g/mol. The second-order valence-electron chi connectivity index (χ2n) is 4.15. The van der Waals surface area contributed by atoms with E-state index >= 15 is 0 Å². The van der Waals surface area contributed by atoms with Crippen molar-refractivity contribution in [3.63, 3.8) is 0 Å². The molecule has 76 valence electrons. The summed E-state index contributed by atoms with van der Waals surface area (Å²) >= 11 is 3.46. The summed E-state index contributed by atoms with van der Waals surface area (Å²) in [5.74, 6) is 0.904. The van der Waals surface area contributed by atoms with Crippen LogP contribution in [0, 0.1) is 5.92 Å². The quantitative estimate of drug-likeness (QED) is 0.738. The molecule has 0 radical (unpaired) electrons. The number of benzene rings is 1. The summed E-state index contributed by atoms with van der Waals surface area (Å²) < 4.78 is 1.16. The lowest BCUT2D eigenvalue weighted by Crippen LogP contribution is -2.32. The molecule has 0 aliphatic carbocycles. The normalized spacial score (nSPS) is 18.6. The summed E-state index contributed by atoms with van der Waals surface area (Å²) in [7, 11) is 0. The van der Waals surface area contributed by atoms with Gasteiger partial charge in [-0.25, -0.2) is 0 Å². The molecular formula is C12H16BrN. The molecule has 0 spiro atoms. The van der Waals surface area contributed by atoms with Gasteiger partial charge in [0.05, 0.1) is 0 Å². The second-order valence-corrected chi connectivity index (χ2v) is 5.06. The van der Waals surface area contributed by atoms with Gasteiger partial charge in [-0.15, -0.1) is 0 Å². The molecule has 1 nitrogen and oxygen atoms in total. The highest BCUT2D eigenvalue weighted by Crippen LogP contribution is 2.24. The predicted octanol–water partition coefficient (Wildman–Crippen LogP) is 3.69. The maximum Gasteiger partial charge on any atom is 0.0366 e. The lowest BCUT2D eigenvalue weighted by Gasteiger charge is -2.32. The molecule has 1 heterocycles. The molecule has 1 saturated heterocycles. The Balaban J connectivity index is 2.05. The van der Waals surface area contributed by atoms with E-state index in [1.165, 1.54) is 31.6 Å². The van der Waals surface area contributed by atoms with Crippen molar-refractivity contribution in [3.8, 4) is 0 Å². The van der Waals surface area contributed by atoms with E-state index in [9.17, 15) is 0 Å². The fourth-order valence-corrected chi connectivity index (χ4v) is 2.18. The molecule has 14 heavy (non-hydrogen) atoms. The molecule has 0 bridgehead atoms. The minimum Gasteiger partial charge on any atom is -0.372 e. The van der Waals surface area contributed by atoms with E-state index in [4.69, 9.17) is 0 Å². The summed E-state index contributed by atoms with van der Waals surface area (Å²) in [6, 6.07) is 8.63. The van der Waals surface area contributed by atoms with E-state index < -0.39 is 0 Å². The number of hydrogen-bond acceptors (Lipinski definition) is 1. The van der Waals surface area contributed by atoms with Crippen LogP contribution in [0.25, 0.3) is 0 Å². The maximum absolute atomic E-state index is 3.46. The van der Waals surface area contributed by atoms with E-state index in [1.54, 1.807) is 0 Å². The molecule has 1 fully saturated rings. The zero-order valence-electron chi connectivity index (χ0n) is 8.54. The van der Waals surface area contributed by atoms with Crippen molar-refractivity contribution < 1.29 is 0 Å². The van der Waals surface area contributed by atoms with Crippen LogP contribution in [0.3, 0.4) is 0 Å². The molecule has 1 aliphatic heterocycles. The van der Waals surface area contributed by atoms with Crippen LogP contribution >= 0.6 is 15.9 Å². The van der Waals surface area contributed by atoms with Gasteiger partial charge < -0.3 is 4.90 Å². The Morgan fingerprint density at radius 3 is 2.29 bits per heavy atom. The van der Waals surface area contributed by atoms with Crippen LogP contribution < -0.4 is 4.90 Å². The number of anilines is 1. The molecule has 1 aromatic rings. The predicted molar refractivity (Wildman–Crippen MR) is 64.8 cm³/mol. The van der Waals surface area contributed by atoms with E-state index in [2.05, 4.69) is 52.0 Å². The van der Waals surface area contributed by atoms with Crippen LogP contribution in [0.5, 0.6) is 0 Å². The van der Waals surface area contributed by atoms with E-state index in [0.29, 0.717) is 0 Å². The highest BCUT2D eigenvalue weighted by molar-refractivity contribution is 9.10. The van der Waals surface area contributed by atoms with Crippen LogP contribution in [0.15, 0.2) is 28.7 Å². The van der Waals surface area contributed by atoms with Crippen LogP contribution in [0.4, 0.5) is 5.69 Å². The average molecular weight is 254 g/mol. The molecule has 1 aliphatic rings. The number of piperidine rings is 1. The molecule has 0 saturated carbocycles. The Hall–Kier alpha value is -0.500. The van der Waals surface area contributed by atoms with E-state index in [-0.39, 0.29) is 0 Å². The Bertz CT molecular complexity index is 286. The summed E-state index contributed by atoms with van der Waals surface area (Å²) in [6.07, 6.45) is 2.66. The van der Waals surface area contributed by atoms with Gasteiger partial charge >= 0.3 is 0 Å². The number of nitrogens with zero attached hydrogens (tertiary/aromatic N) is 1. The molecule has 0 aromatic heterocycles. The van der Waals surface area contributed by atoms with Gasteiger partial charge in [-0.3, -0.25) is 0 Å². The lowest BCUT2D eigenvalue weighted by molar-refractivity contribution is 0.438. The third-order valence-electron chi connectivity index (χ3n) is 2.98. The molecule has 0 amide bonds. The Labute approximate surface area is 94.2 Å². The maximum atomic E-state index is 3.46. The third kappa shape index (κ3) is 2.30. The summed E-state index contributed by atoms with van der Waals surface area (Å²) in [6.45, 7) is 4.77. The van der Waals surface area contributed by atoms with E-state index in [1.807, 2.05) is 0 Å². The SMILES string of the molecule is CC1CCN(c2ccc(Br)cc2)CC1. The van der Waals surface area contributed by atoms with Crippen LogP contribution in [-0.2, 0) is 0 Å². The minimum absolute atomic E-state index is 0.904. The number of hydrogen-bond donors (Lipinski definition) is 0. The van der Waals surface area contributed by atoms with Gasteiger partial charge in [0.1, 0.15) is 0 Å². The van der Waals surface area contributed by atoms with Crippen LogP contribution in [0.2, 0.25) is 0 Å². The van der Waals surface area contributed by atoms with Crippen molar-refractivity contribution in [1.82, 2.24) is 0 Å². The first-order chi connectivity index (χ1) is 6.75. The average Bonchev–Trinajstić information content (AvgIpc) is 2.21. The lowest BCUT2D eigenvalue weighted by atomic mass is 9.99. The first-order valence-corrected chi connectivity index (χ1v) is 6.05. The molecule has 0 unspecified atom stereocenters. The highest BCUT2D eigenvalue weighted by atomic mass is 79.9. The Morgan fingerprint density at radius 1 is 1.14 bits per heavy atom. The molecule has 1 aromatic carbocycles. The number of halogens is 1. The summed E-state index contributed by atoms with van der Waals surface area (Å²) in [5, 5.41) is 0. The van der Waals surface area contributed by atoms with Gasteiger partial charge in [0.25, 0.3) is 0 Å². The van der Waals surface area contributed by atoms with Crippen molar-refractivity contribution in [2.75, 3.05) is 18.0 Å². The van der Waals surface area contributed by atoms with Gasteiger partial charge in [0.2, 0.25) is 0 Å². The van der Waals surface area contributed by atoms with Crippen molar-refractivity contribution in [2.24, 2.45) is 5.92 Å². The summed E-state index contributed by atoms with van der Waals surface area (Å²) in [5.41, 5.74) is 1.36. The van der Waals surface area contributed by atoms with Gasteiger partial charge in [-0.1, -0.05) is 22.9 Å². The van der Waals surface area contributed by atoms with Crippen molar-refractivity contribution >= 4 is 21.6 Å². The van der Waals surface area contributed by atoms with Crippen molar-refractivity contribution in [3.05, 3.63) is 28.7 Å². The van der Waals surface area contributed by atoms with Crippen LogP contribution in [-0.4, -0.2) is 13.1 Å².